The largest absolute Gasteiger partial charge is 0.481 e. The van der Waals surface area contributed by atoms with Crippen LogP contribution in [0.5, 0.6) is 0 Å². The highest BCUT2D eigenvalue weighted by Crippen LogP contribution is 2.39. The predicted molar refractivity (Wildman–Crippen MR) is 142 cm³/mol. The van der Waals surface area contributed by atoms with E-state index in [1.54, 1.807) is 31.2 Å². The number of hydrogen-bond donors (Lipinski definition) is 3. The van der Waals surface area contributed by atoms with Crippen molar-refractivity contribution in [2.45, 2.75) is 56.1 Å². The quantitative estimate of drug-likeness (QED) is 0.327. The lowest BCUT2D eigenvalue weighted by molar-refractivity contribution is -0.146. The molecular formula is C27H29N3O4S2. The Morgan fingerprint density at radius 3 is 2.67 bits per heavy atom. The molecule has 2 amide bonds. The zero-order chi connectivity index (χ0) is 25.8. The maximum absolute atomic E-state index is 13.0. The standard InChI is InChI=1S/C27H29N3O4S2/c1-15-10-11-19-22(14-28)26(36-23(19)12-15)30-24(31)16(2)35-18-7-5-6-17(13-18)29-25(32)20-8-3-4-9-21(20)27(33)34/h3-7,13,15-16,20-21H,8-12H2,1-2H3,(H,29,32)(H,30,31)(H,33,34). The molecule has 0 aliphatic heterocycles. The Balaban J connectivity index is 1.40. The van der Waals surface area contributed by atoms with Gasteiger partial charge in [0, 0.05) is 15.5 Å². The maximum Gasteiger partial charge on any atom is 0.307 e. The van der Waals surface area contributed by atoms with E-state index in [4.69, 9.17) is 0 Å². The number of carbonyl (C=O) groups excluding carboxylic acids is 2. The van der Waals surface area contributed by atoms with Gasteiger partial charge in [-0.05, 0) is 68.7 Å². The van der Waals surface area contributed by atoms with Crippen molar-refractivity contribution < 1.29 is 19.5 Å². The molecule has 188 valence electrons. The molecule has 3 N–H and O–H groups in total. The van der Waals surface area contributed by atoms with E-state index in [-0.39, 0.29) is 11.8 Å². The second-order valence-corrected chi connectivity index (χ2v) is 11.9. The molecule has 1 heterocycles. The minimum absolute atomic E-state index is 0.184. The number of aliphatic carboxylic acids is 1. The van der Waals surface area contributed by atoms with Crippen LogP contribution < -0.4 is 10.6 Å². The lowest BCUT2D eigenvalue weighted by Gasteiger charge is -2.24. The first-order chi connectivity index (χ1) is 17.3. The number of amides is 2. The van der Waals surface area contributed by atoms with Crippen molar-refractivity contribution >= 4 is 51.6 Å². The smallest absolute Gasteiger partial charge is 0.307 e. The molecule has 1 aromatic carbocycles. The van der Waals surface area contributed by atoms with Gasteiger partial charge < -0.3 is 15.7 Å². The van der Waals surface area contributed by atoms with Gasteiger partial charge in [-0.15, -0.1) is 23.1 Å². The number of nitrogens with zero attached hydrogens (tertiary/aromatic N) is 1. The van der Waals surface area contributed by atoms with Crippen LogP contribution in [0.15, 0.2) is 41.3 Å². The molecule has 2 aliphatic carbocycles. The number of allylic oxidation sites excluding steroid dienone is 2. The van der Waals surface area contributed by atoms with Gasteiger partial charge in [0.25, 0.3) is 0 Å². The van der Waals surface area contributed by atoms with Crippen LogP contribution in [0.3, 0.4) is 0 Å². The predicted octanol–water partition coefficient (Wildman–Crippen LogP) is 5.47. The van der Waals surface area contributed by atoms with Gasteiger partial charge in [0.15, 0.2) is 0 Å². The molecule has 0 saturated heterocycles. The van der Waals surface area contributed by atoms with E-state index in [0.29, 0.717) is 35.0 Å². The second-order valence-electron chi connectivity index (χ2n) is 9.43. The van der Waals surface area contributed by atoms with E-state index in [1.807, 2.05) is 12.1 Å². The van der Waals surface area contributed by atoms with Crippen molar-refractivity contribution in [3.63, 3.8) is 0 Å². The van der Waals surface area contributed by atoms with Crippen molar-refractivity contribution in [3.05, 3.63) is 52.4 Å². The SMILES string of the molecule is CC1CCc2c(sc(NC(=O)C(C)Sc3cccc(NC(=O)C4CC=CCC4C(=O)O)c3)c2C#N)C1. The van der Waals surface area contributed by atoms with Gasteiger partial charge in [0.05, 0.1) is 22.6 Å². The van der Waals surface area contributed by atoms with Crippen molar-refractivity contribution in [2.75, 3.05) is 10.6 Å². The topological polar surface area (TPSA) is 119 Å². The Kier molecular flexibility index (Phi) is 8.17. The van der Waals surface area contributed by atoms with Crippen LogP contribution in [0.4, 0.5) is 10.7 Å². The number of hydrogen-bond acceptors (Lipinski definition) is 6. The Morgan fingerprint density at radius 1 is 1.19 bits per heavy atom. The number of benzene rings is 1. The number of fused-ring (bicyclic) bond motifs is 1. The van der Waals surface area contributed by atoms with Crippen molar-refractivity contribution in [1.29, 1.82) is 5.26 Å². The van der Waals surface area contributed by atoms with Crippen molar-refractivity contribution in [3.8, 4) is 6.07 Å². The Morgan fingerprint density at radius 2 is 1.94 bits per heavy atom. The van der Waals surface area contributed by atoms with Crippen LogP contribution in [-0.2, 0) is 27.2 Å². The fourth-order valence-electron chi connectivity index (χ4n) is 4.69. The summed E-state index contributed by atoms with van der Waals surface area (Å²) >= 11 is 2.86. The number of carboxylic acid groups (broad SMARTS) is 1. The van der Waals surface area contributed by atoms with E-state index < -0.39 is 23.1 Å². The molecule has 1 aromatic heterocycles. The van der Waals surface area contributed by atoms with Crippen LogP contribution in [-0.4, -0.2) is 28.1 Å². The van der Waals surface area contributed by atoms with Crippen LogP contribution in [0.1, 0.15) is 49.1 Å². The fraction of sp³-hybridized carbons (Fsp3) is 0.407. The van der Waals surface area contributed by atoms with Gasteiger partial charge in [0.1, 0.15) is 11.1 Å². The summed E-state index contributed by atoms with van der Waals surface area (Å²) in [6.45, 7) is 4.01. The Hall–Kier alpha value is -3.09. The minimum atomic E-state index is -0.968. The molecule has 0 bridgehead atoms. The van der Waals surface area contributed by atoms with Crippen molar-refractivity contribution in [1.82, 2.24) is 0 Å². The van der Waals surface area contributed by atoms with Gasteiger partial charge in [-0.25, -0.2) is 0 Å². The van der Waals surface area contributed by atoms with Gasteiger partial charge in [-0.2, -0.15) is 5.26 Å². The third-order valence-electron chi connectivity index (χ3n) is 6.73. The molecule has 2 aromatic rings. The van der Waals surface area contributed by atoms with E-state index >= 15 is 0 Å². The Labute approximate surface area is 219 Å². The minimum Gasteiger partial charge on any atom is -0.481 e. The summed E-state index contributed by atoms with van der Waals surface area (Å²) < 4.78 is 0. The first-order valence-electron chi connectivity index (χ1n) is 12.1. The lowest BCUT2D eigenvalue weighted by atomic mass is 9.82. The summed E-state index contributed by atoms with van der Waals surface area (Å²) in [5.41, 5.74) is 2.23. The van der Waals surface area contributed by atoms with Crippen molar-refractivity contribution in [2.24, 2.45) is 17.8 Å². The highest BCUT2D eigenvalue weighted by atomic mass is 32.2. The molecule has 4 rings (SSSR count). The third kappa shape index (κ3) is 5.82. The zero-order valence-corrected chi connectivity index (χ0v) is 21.9. The van der Waals surface area contributed by atoms with Gasteiger partial charge in [-0.3, -0.25) is 14.4 Å². The molecule has 0 spiro atoms. The van der Waals surface area contributed by atoms with Crippen LogP contribution in [0.25, 0.3) is 0 Å². The average molecular weight is 524 g/mol. The van der Waals surface area contributed by atoms with Gasteiger partial charge >= 0.3 is 5.97 Å². The summed E-state index contributed by atoms with van der Waals surface area (Å²) in [5.74, 6) is -2.25. The molecule has 36 heavy (non-hydrogen) atoms. The monoisotopic (exact) mass is 523 g/mol. The number of nitriles is 1. The average Bonchev–Trinajstić information content (AvgIpc) is 3.19. The molecule has 0 saturated carbocycles. The summed E-state index contributed by atoms with van der Waals surface area (Å²) in [6, 6.07) is 9.47. The van der Waals surface area contributed by atoms with E-state index in [9.17, 15) is 24.8 Å². The number of thiophene rings is 1. The van der Waals surface area contributed by atoms with Crippen LogP contribution in [0.2, 0.25) is 0 Å². The number of nitrogens with one attached hydrogen (secondary N) is 2. The molecule has 4 unspecified atom stereocenters. The highest BCUT2D eigenvalue weighted by molar-refractivity contribution is 8.00. The second kappa shape index (κ2) is 11.3. The van der Waals surface area contributed by atoms with Crippen LogP contribution >= 0.6 is 23.1 Å². The molecule has 2 aliphatic rings. The first-order valence-corrected chi connectivity index (χ1v) is 13.8. The molecule has 0 fully saturated rings. The van der Waals surface area contributed by atoms with Gasteiger partial charge in [-0.1, -0.05) is 25.1 Å². The normalized spacial score (nSPS) is 21.6. The fourth-order valence-corrected chi connectivity index (χ4v) is 6.98. The number of rotatable bonds is 7. The highest BCUT2D eigenvalue weighted by Gasteiger charge is 2.34. The van der Waals surface area contributed by atoms with E-state index in [0.717, 1.165) is 29.7 Å². The molecule has 9 heteroatoms. The molecule has 0 radical (unpaired) electrons. The number of anilines is 2. The summed E-state index contributed by atoms with van der Waals surface area (Å²) in [6.07, 6.45) is 7.26. The molecular weight excluding hydrogens is 494 g/mol. The number of thioether (sulfide) groups is 1. The molecule has 4 atom stereocenters. The molecule has 7 nitrogen and oxygen atoms in total. The Bertz CT molecular complexity index is 1250. The van der Waals surface area contributed by atoms with Gasteiger partial charge in [0.2, 0.25) is 11.8 Å². The number of carbonyl (C=O) groups is 3. The lowest BCUT2D eigenvalue weighted by Crippen LogP contribution is -2.34. The first kappa shape index (κ1) is 26.0. The zero-order valence-electron chi connectivity index (χ0n) is 20.2. The van der Waals surface area contributed by atoms with E-state index in [1.165, 1.54) is 28.0 Å². The van der Waals surface area contributed by atoms with E-state index in [2.05, 4.69) is 23.6 Å². The summed E-state index contributed by atoms with van der Waals surface area (Å²) in [4.78, 5) is 39.3. The number of carboxylic acids is 1. The maximum atomic E-state index is 13.0. The summed E-state index contributed by atoms with van der Waals surface area (Å²) in [5, 5.41) is 25.1. The summed E-state index contributed by atoms with van der Waals surface area (Å²) in [7, 11) is 0. The third-order valence-corrected chi connectivity index (χ3v) is 8.99. The van der Waals surface area contributed by atoms with Crippen LogP contribution in [0, 0.1) is 29.1 Å².